The average molecular weight is 293 g/mol. The van der Waals surface area contributed by atoms with Crippen molar-refractivity contribution in [2.75, 3.05) is 0 Å². The van der Waals surface area contributed by atoms with E-state index in [9.17, 15) is 4.79 Å². The van der Waals surface area contributed by atoms with Crippen molar-refractivity contribution >= 4 is 17.9 Å². The van der Waals surface area contributed by atoms with Gasteiger partial charge in [0.05, 0.1) is 22.0 Å². The van der Waals surface area contributed by atoms with E-state index in [1.54, 1.807) is 18.2 Å². The summed E-state index contributed by atoms with van der Waals surface area (Å²) in [6.07, 6.45) is 1.60. The Morgan fingerprint density at radius 3 is 2.85 bits per heavy atom. The van der Waals surface area contributed by atoms with Crippen molar-refractivity contribution in [2.24, 2.45) is 0 Å². The second-order valence-electron chi connectivity index (χ2n) is 4.35. The molecule has 0 fully saturated rings. The topological polar surface area (TPSA) is 44.1 Å². The number of carbonyl (C=O) groups is 1. The van der Waals surface area contributed by atoms with Gasteiger partial charge in [0.2, 0.25) is 0 Å². The van der Waals surface area contributed by atoms with Crippen LogP contribution in [-0.2, 0) is 19.6 Å². The maximum atomic E-state index is 11.1. The van der Waals surface area contributed by atoms with Gasteiger partial charge in [-0.2, -0.15) is 5.10 Å². The first-order valence-corrected chi connectivity index (χ1v) is 6.99. The third kappa shape index (κ3) is 3.02. The Kier molecular flexibility index (Phi) is 4.79. The van der Waals surface area contributed by atoms with Gasteiger partial charge in [0.1, 0.15) is 12.4 Å². The van der Waals surface area contributed by atoms with Gasteiger partial charge >= 0.3 is 0 Å². The van der Waals surface area contributed by atoms with Crippen LogP contribution in [0.15, 0.2) is 24.3 Å². The van der Waals surface area contributed by atoms with Crippen LogP contribution in [0.4, 0.5) is 0 Å². The standard InChI is InChI=1S/C15H17ClN2O2/c1-3-11-8-12(18(4-2)17-11)10-20-15-7-5-6-14(16)13(15)9-19/h5-9H,3-4,10H2,1-2H3. The lowest BCUT2D eigenvalue weighted by molar-refractivity contribution is 0.111. The minimum absolute atomic E-state index is 0.363. The number of halogens is 1. The molecule has 4 nitrogen and oxygen atoms in total. The fourth-order valence-corrected chi connectivity index (χ4v) is 2.20. The Bertz CT molecular complexity index is 608. The molecular formula is C15H17ClN2O2. The first-order valence-electron chi connectivity index (χ1n) is 6.61. The normalized spacial score (nSPS) is 10.6. The average Bonchev–Trinajstić information content (AvgIpc) is 2.87. The zero-order valence-corrected chi connectivity index (χ0v) is 12.4. The summed E-state index contributed by atoms with van der Waals surface area (Å²) in [5.41, 5.74) is 2.40. The van der Waals surface area contributed by atoms with E-state index in [2.05, 4.69) is 12.0 Å². The zero-order chi connectivity index (χ0) is 14.5. The lowest BCUT2D eigenvalue weighted by Gasteiger charge is -2.10. The molecule has 1 aromatic heterocycles. The minimum atomic E-state index is 0.363. The number of hydrogen-bond donors (Lipinski definition) is 0. The van der Waals surface area contributed by atoms with E-state index in [4.69, 9.17) is 16.3 Å². The van der Waals surface area contributed by atoms with Crippen molar-refractivity contribution < 1.29 is 9.53 Å². The molecule has 2 rings (SSSR count). The number of hydrogen-bond acceptors (Lipinski definition) is 3. The van der Waals surface area contributed by atoms with Crippen LogP contribution in [-0.4, -0.2) is 16.1 Å². The first-order chi connectivity index (χ1) is 9.69. The SMILES string of the molecule is CCc1cc(COc2cccc(Cl)c2C=O)n(CC)n1. The van der Waals surface area contributed by atoms with Gasteiger partial charge in [-0.15, -0.1) is 0 Å². The first kappa shape index (κ1) is 14.6. The van der Waals surface area contributed by atoms with Crippen LogP contribution in [0.5, 0.6) is 5.75 Å². The highest BCUT2D eigenvalue weighted by molar-refractivity contribution is 6.33. The molecule has 0 aliphatic rings. The van der Waals surface area contributed by atoms with Gasteiger partial charge in [0.25, 0.3) is 0 Å². The highest BCUT2D eigenvalue weighted by atomic mass is 35.5. The highest BCUT2D eigenvalue weighted by Crippen LogP contribution is 2.25. The largest absolute Gasteiger partial charge is 0.487 e. The Balaban J connectivity index is 2.18. The van der Waals surface area contributed by atoms with E-state index in [1.165, 1.54) is 0 Å². The lowest BCUT2D eigenvalue weighted by atomic mass is 10.2. The smallest absolute Gasteiger partial charge is 0.155 e. The van der Waals surface area contributed by atoms with Crippen LogP contribution >= 0.6 is 11.6 Å². The van der Waals surface area contributed by atoms with Crippen molar-refractivity contribution in [1.82, 2.24) is 9.78 Å². The molecule has 0 radical (unpaired) electrons. The summed E-state index contributed by atoms with van der Waals surface area (Å²) >= 11 is 5.97. The molecule has 5 heteroatoms. The predicted octanol–water partition coefficient (Wildman–Crippen LogP) is 3.51. The zero-order valence-electron chi connectivity index (χ0n) is 11.6. The van der Waals surface area contributed by atoms with Crippen LogP contribution in [0.2, 0.25) is 5.02 Å². The molecule has 0 atom stereocenters. The van der Waals surface area contributed by atoms with Crippen LogP contribution in [0.3, 0.4) is 0 Å². The quantitative estimate of drug-likeness (QED) is 0.765. The molecule has 0 amide bonds. The van der Waals surface area contributed by atoms with Crippen LogP contribution < -0.4 is 4.74 Å². The number of aromatic nitrogens is 2. The second-order valence-corrected chi connectivity index (χ2v) is 4.76. The highest BCUT2D eigenvalue weighted by Gasteiger charge is 2.10. The fourth-order valence-electron chi connectivity index (χ4n) is 1.99. The van der Waals surface area contributed by atoms with Crippen LogP contribution in [0, 0.1) is 0 Å². The predicted molar refractivity (Wildman–Crippen MR) is 78.5 cm³/mol. The molecule has 0 saturated carbocycles. The minimum Gasteiger partial charge on any atom is -0.487 e. The van der Waals surface area contributed by atoms with Crippen molar-refractivity contribution in [3.63, 3.8) is 0 Å². The van der Waals surface area contributed by atoms with E-state index in [-0.39, 0.29) is 0 Å². The molecule has 0 aliphatic heterocycles. The summed E-state index contributed by atoms with van der Waals surface area (Å²) in [6.45, 7) is 5.25. The number of rotatable bonds is 6. The van der Waals surface area contributed by atoms with E-state index < -0.39 is 0 Å². The van der Waals surface area contributed by atoms with Crippen LogP contribution in [0.1, 0.15) is 35.6 Å². The number of aldehydes is 1. The summed E-state index contributed by atoms with van der Waals surface area (Å²) in [4.78, 5) is 11.1. The maximum Gasteiger partial charge on any atom is 0.155 e. The third-order valence-electron chi connectivity index (χ3n) is 3.08. The van der Waals surface area contributed by atoms with Gasteiger partial charge < -0.3 is 4.74 Å². The van der Waals surface area contributed by atoms with Crippen molar-refractivity contribution in [3.8, 4) is 5.75 Å². The van der Waals surface area contributed by atoms with Gasteiger partial charge in [-0.1, -0.05) is 24.6 Å². The number of carbonyl (C=O) groups excluding carboxylic acids is 1. The number of benzene rings is 1. The molecule has 0 aliphatic carbocycles. The summed E-state index contributed by atoms with van der Waals surface area (Å²) < 4.78 is 7.63. The Labute approximate surface area is 123 Å². The van der Waals surface area contributed by atoms with Gasteiger partial charge in [-0.3, -0.25) is 9.48 Å². The molecule has 0 unspecified atom stereocenters. The van der Waals surface area contributed by atoms with E-state index in [0.29, 0.717) is 29.2 Å². The molecule has 1 heterocycles. The van der Waals surface area contributed by atoms with Gasteiger partial charge in [0.15, 0.2) is 6.29 Å². The molecule has 106 valence electrons. The monoisotopic (exact) mass is 292 g/mol. The van der Waals surface area contributed by atoms with E-state index in [1.807, 2.05) is 17.7 Å². The fraction of sp³-hybridized carbons (Fsp3) is 0.333. The van der Waals surface area contributed by atoms with E-state index in [0.717, 1.165) is 24.4 Å². The summed E-state index contributed by atoms with van der Waals surface area (Å²) in [5, 5.41) is 4.86. The third-order valence-corrected chi connectivity index (χ3v) is 3.41. The summed E-state index contributed by atoms with van der Waals surface area (Å²) in [6, 6.07) is 7.19. The Morgan fingerprint density at radius 2 is 2.20 bits per heavy atom. The van der Waals surface area contributed by atoms with E-state index >= 15 is 0 Å². The number of nitrogens with zero attached hydrogens (tertiary/aromatic N) is 2. The molecule has 2 aromatic rings. The molecule has 20 heavy (non-hydrogen) atoms. The lowest BCUT2D eigenvalue weighted by Crippen LogP contribution is -2.07. The van der Waals surface area contributed by atoms with Crippen molar-refractivity contribution in [3.05, 3.63) is 46.2 Å². The van der Waals surface area contributed by atoms with Gasteiger partial charge in [-0.25, -0.2) is 0 Å². The Morgan fingerprint density at radius 1 is 1.40 bits per heavy atom. The summed E-state index contributed by atoms with van der Waals surface area (Å²) in [7, 11) is 0. The van der Waals surface area contributed by atoms with Crippen molar-refractivity contribution in [2.45, 2.75) is 33.4 Å². The molecule has 0 saturated heterocycles. The molecule has 0 N–H and O–H groups in total. The van der Waals surface area contributed by atoms with Gasteiger partial charge in [0, 0.05) is 6.54 Å². The molecule has 1 aromatic carbocycles. The maximum absolute atomic E-state index is 11.1. The number of ether oxygens (including phenoxy) is 1. The van der Waals surface area contributed by atoms with Crippen molar-refractivity contribution in [1.29, 1.82) is 0 Å². The molecule has 0 spiro atoms. The van der Waals surface area contributed by atoms with Crippen LogP contribution in [0.25, 0.3) is 0 Å². The molecule has 0 bridgehead atoms. The second kappa shape index (κ2) is 6.57. The summed E-state index contributed by atoms with van der Waals surface area (Å²) in [5.74, 6) is 0.495. The number of aryl methyl sites for hydroxylation is 2. The van der Waals surface area contributed by atoms with Gasteiger partial charge in [-0.05, 0) is 31.5 Å². The molecular weight excluding hydrogens is 276 g/mol. The Hall–Kier alpha value is -1.81.